The molecule has 1 N–H and O–H groups in total. The van der Waals surface area contributed by atoms with E-state index in [9.17, 15) is 32.9 Å². The van der Waals surface area contributed by atoms with Gasteiger partial charge < -0.3 is 10.2 Å². The summed E-state index contributed by atoms with van der Waals surface area (Å²) in [6.45, 7) is 1.88. The summed E-state index contributed by atoms with van der Waals surface area (Å²) in [4.78, 5) is 37.5. The van der Waals surface area contributed by atoms with Crippen LogP contribution in [0.4, 0.5) is 18.9 Å². The molecule has 164 valence electrons. The van der Waals surface area contributed by atoms with Gasteiger partial charge in [-0.25, -0.2) is 0 Å². The number of nitro benzene ring substituents is 1. The molecule has 2 aliphatic rings. The van der Waals surface area contributed by atoms with Gasteiger partial charge in [-0.05, 0) is 51.2 Å². The molecule has 10 heteroatoms. The van der Waals surface area contributed by atoms with Gasteiger partial charge in [-0.2, -0.15) is 13.2 Å². The predicted octanol–water partition coefficient (Wildman–Crippen LogP) is 3.75. The third-order valence-electron chi connectivity index (χ3n) is 5.94. The molecule has 0 spiro atoms. The quantitative estimate of drug-likeness (QED) is 0.585. The molecule has 3 unspecified atom stereocenters. The lowest BCUT2D eigenvalue weighted by atomic mass is 9.85. The van der Waals surface area contributed by atoms with Crippen LogP contribution in [0, 0.1) is 23.0 Å². The van der Waals surface area contributed by atoms with Gasteiger partial charge in [0.2, 0.25) is 5.91 Å². The number of benzene rings is 1. The first kappa shape index (κ1) is 22.0. The number of halogens is 3. The second-order valence-corrected chi connectivity index (χ2v) is 8.03. The van der Waals surface area contributed by atoms with E-state index in [-0.39, 0.29) is 24.1 Å². The summed E-state index contributed by atoms with van der Waals surface area (Å²) in [5, 5.41) is 13.7. The molecule has 0 radical (unpaired) electrons. The summed E-state index contributed by atoms with van der Waals surface area (Å²) in [7, 11) is 0. The molecule has 1 aliphatic heterocycles. The van der Waals surface area contributed by atoms with E-state index in [1.54, 1.807) is 0 Å². The van der Waals surface area contributed by atoms with E-state index in [1.165, 1.54) is 30.0 Å². The third kappa shape index (κ3) is 4.73. The predicted molar refractivity (Wildman–Crippen MR) is 102 cm³/mol. The maximum Gasteiger partial charge on any atom is 0.391 e. The van der Waals surface area contributed by atoms with Crippen molar-refractivity contribution in [3.05, 3.63) is 39.4 Å². The Morgan fingerprint density at radius 1 is 1.20 bits per heavy atom. The number of carbonyl (C=O) groups is 2. The molecule has 2 amide bonds. The molecule has 0 aromatic heterocycles. The second-order valence-electron chi connectivity index (χ2n) is 8.03. The summed E-state index contributed by atoms with van der Waals surface area (Å²) in [6, 6.07) is 2.72. The van der Waals surface area contributed by atoms with Crippen molar-refractivity contribution in [3.8, 4) is 0 Å². The molecule has 3 rings (SSSR count). The molecule has 2 fully saturated rings. The number of hydrogen-bond acceptors (Lipinski definition) is 4. The van der Waals surface area contributed by atoms with Gasteiger partial charge in [0.15, 0.2) is 0 Å². The zero-order chi connectivity index (χ0) is 22.1. The number of amides is 2. The van der Waals surface area contributed by atoms with Crippen LogP contribution in [0.2, 0.25) is 0 Å². The number of hydrogen-bond donors (Lipinski definition) is 1. The van der Waals surface area contributed by atoms with Crippen LogP contribution in [0.3, 0.4) is 0 Å². The zero-order valence-electron chi connectivity index (χ0n) is 16.6. The average molecular weight is 427 g/mol. The maximum absolute atomic E-state index is 13.0. The van der Waals surface area contributed by atoms with Gasteiger partial charge >= 0.3 is 6.18 Å². The fourth-order valence-corrected chi connectivity index (χ4v) is 4.36. The van der Waals surface area contributed by atoms with Crippen LogP contribution >= 0.6 is 0 Å². The van der Waals surface area contributed by atoms with Crippen LogP contribution in [0.1, 0.15) is 54.4 Å². The Balaban J connectivity index is 1.67. The molecule has 1 aromatic carbocycles. The molecule has 1 saturated heterocycles. The Morgan fingerprint density at radius 3 is 2.57 bits per heavy atom. The third-order valence-corrected chi connectivity index (χ3v) is 5.94. The summed E-state index contributed by atoms with van der Waals surface area (Å²) >= 11 is 0. The molecule has 30 heavy (non-hydrogen) atoms. The van der Waals surface area contributed by atoms with Crippen LogP contribution in [0.25, 0.3) is 0 Å². The molecule has 7 nitrogen and oxygen atoms in total. The molecule has 1 aromatic rings. The number of nitrogens with zero attached hydrogens (tertiary/aromatic N) is 2. The number of carbonyl (C=O) groups excluding carboxylic acids is 2. The first-order valence-corrected chi connectivity index (χ1v) is 10.0. The molecule has 1 heterocycles. The Kier molecular flexibility index (Phi) is 6.33. The molecule has 1 aliphatic carbocycles. The number of nitro groups is 1. The highest BCUT2D eigenvalue weighted by Gasteiger charge is 2.43. The number of aryl methyl sites for hydroxylation is 1. The SMILES string of the molecule is Cc1cc(C(=O)N2CCCC2C(=O)NC2CCCC(C(F)(F)F)C2)ccc1[N+](=O)[O-]. The topological polar surface area (TPSA) is 92.6 Å². The maximum atomic E-state index is 13.0. The first-order chi connectivity index (χ1) is 14.1. The number of likely N-dealkylation sites (tertiary alicyclic amines) is 1. The van der Waals surface area contributed by atoms with E-state index in [1.807, 2.05) is 0 Å². The molecular formula is C20H24F3N3O4. The Labute approximate surface area is 171 Å². The van der Waals surface area contributed by atoms with E-state index < -0.39 is 40.9 Å². The fraction of sp³-hybridized carbons (Fsp3) is 0.600. The summed E-state index contributed by atoms with van der Waals surface area (Å²) in [5.74, 6) is -2.27. The monoisotopic (exact) mass is 427 g/mol. The van der Waals surface area contributed by atoms with Crippen LogP contribution in [-0.2, 0) is 4.79 Å². The van der Waals surface area contributed by atoms with Gasteiger partial charge in [0.25, 0.3) is 11.6 Å². The van der Waals surface area contributed by atoms with Gasteiger partial charge in [-0.15, -0.1) is 0 Å². The minimum Gasteiger partial charge on any atom is -0.352 e. The normalized spacial score (nSPS) is 24.5. The van der Waals surface area contributed by atoms with E-state index in [0.29, 0.717) is 37.8 Å². The Bertz CT molecular complexity index is 843. The molecule has 1 saturated carbocycles. The van der Waals surface area contributed by atoms with Crippen molar-refractivity contribution >= 4 is 17.5 Å². The average Bonchev–Trinajstić information content (AvgIpc) is 3.16. The van der Waals surface area contributed by atoms with Crippen molar-refractivity contribution in [2.75, 3.05) is 6.54 Å². The lowest BCUT2D eigenvalue weighted by molar-refractivity contribution is -0.385. The van der Waals surface area contributed by atoms with Gasteiger partial charge in [0, 0.05) is 29.8 Å². The minimum absolute atomic E-state index is 0.0728. The van der Waals surface area contributed by atoms with Crippen LogP contribution in [0.15, 0.2) is 18.2 Å². The number of nitrogens with one attached hydrogen (secondary N) is 1. The van der Waals surface area contributed by atoms with E-state index in [4.69, 9.17) is 0 Å². The lowest BCUT2D eigenvalue weighted by Gasteiger charge is -2.32. The summed E-state index contributed by atoms with van der Waals surface area (Å²) < 4.78 is 39.0. The van der Waals surface area contributed by atoms with Gasteiger partial charge in [-0.1, -0.05) is 6.42 Å². The van der Waals surface area contributed by atoms with Crippen molar-refractivity contribution in [1.29, 1.82) is 0 Å². The largest absolute Gasteiger partial charge is 0.391 e. The second kappa shape index (κ2) is 8.61. The fourth-order valence-electron chi connectivity index (χ4n) is 4.36. The van der Waals surface area contributed by atoms with Crippen molar-refractivity contribution < 1.29 is 27.7 Å². The summed E-state index contributed by atoms with van der Waals surface area (Å²) in [5.41, 5.74) is 0.484. The Morgan fingerprint density at radius 2 is 1.93 bits per heavy atom. The smallest absolute Gasteiger partial charge is 0.352 e. The van der Waals surface area contributed by atoms with Crippen LogP contribution < -0.4 is 5.32 Å². The van der Waals surface area contributed by atoms with Gasteiger partial charge in [-0.3, -0.25) is 19.7 Å². The van der Waals surface area contributed by atoms with Crippen molar-refractivity contribution in [2.45, 2.75) is 63.7 Å². The Hall–Kier alpha value is -2.65. The summed E-state index contributed by atoms with van der Waals surface area (Å²) in [6.07, 6.45) is -2.43. The van der Waals surface area contributed by atoms with Gasteiger partial charge in [0.1, 0.15) is 6.04 Å². The van der Waals surface area contributed by atoms with E-state index in [0.717, 1.165) is 0 Å². The molecule has 0 bridgehead atoms. The molecule has 3 atom stereocenters. The van der Waals surface area contributed by atoms with Crippen molar-refractivity contribution in [1.82, 2.24) is 10.2 Å². The number of alkyl halides is 3. The highest BCUT2D eigenvalue weighted by molar-refractivity contribution is 5.98. The first-order valence-electron chi connectivity index (χ1n) is 10.0. The van der Waals surface area contributed by atoms with Crippen LogP contribution in [-0.4, -0.2) is 46.4 Å². The number of rotatable bonds is 4. The van der Waals surface area contributed by atoms with Gasteiger partial charge in [0.05, 0.1) is 10.8 Å². The van der Waals surface area contributed by atoms with E-state index in [2.05, 4.69) is 5.32 Å². The molecular weight excluding hydrogens is 403 g/mol. The minimum atomic E-state index is -4.27. The standard InChI is InChI=1S/C20H24F3N3O4/c1-12-10-13(7-8-16(12)26(29)30)19(28)25-9-3-6-17(25)18(27)24-15-5-2-4-14(11-15)20(21,22)23/h7-8,10,14-15,17H,2-6,9,11H2,1H3,(H,24,27). The zero-order valence-corrected chi connectivity index (χ0v) is 16.6. The van der Waals surface area contributed by atoms with E-state index >= 15 is 0 Å². The van der Waals surface area contributed by atoms with Crippen molar-refractivity contribution in [3.63, 3.8) is 0 Å². The highest BCUT2D eigenvalue weighted by Crippen LogP contribution is 2.37. The highest BCUT2D eigenvalue weighted by atomic mass is 19.4. The van der Waals surface area contributed by atoms with Crippen molar-refractivity contribution in [2.24, 2.45) is 5.92 Å². The lowest BCUT2D eigenvalue weighted by Crippen LogP contribution is -2.50. The van der Waals surface area contributed by atoms with Crippen LogP contribution in [0.5, 0.6) is 0 Å².